The second kappa shape index (κ2) is 34.2. The molecule has 378 valence electrons. The Balaban J connectivity index is 1.72. The van der Waals surface area contributed by atoms with Crippen LogP contribution in [0.25, 0.3) is 0 Å². The van der Waals surface area contributed by atoms with Gasteiger partial charge in [-0.05, 0) is 118 Å². The van der Waals surface area contributed by atoms with Gasteiger partial charge >= 0.3 is 46.1 Å². The number of nitrogens with zero attached hydrogens (tertiary/aromatic N) is 6. The SMILES string of the molecule is CCC(CC)SCCCn1c(=O)n(CCCS)c(=O)n(CCCSCCC(=O)OCCCCOC(=O)CCC(CC)(CC)SCCCn2c(=O)n(CCCS)c(=O)n(CCCS)c2=O)c1=O. The van der Waals surface area contributed by atoms with Crippen molar-refractivity contribution in [3.63, 3.8) is 0 Å². The zero-order valence-corrected chi connectivity index (χ0v) is 44.8. The molecule has 22 heteroatoms. The maximum absolute atomic E-state index is 13.3. The van der Waals surface area contributed by atoms with Crippen molar-refractivity contribution in [1.29, 1.82) is 0 Å². The smallest absolute Gasteiger partial charge is 0.336 e. The lowest BCUT2D eigenvalue weighted by Gasteiger charge is -2.31. The quantitative estimate of drug-likeness (QED) is 0.0438. The van der Waals surface area contributed by atoms with Crippen molar-refractivity contribution in [2.75, 3.05) is 53.5 Å². The van der Waals surface area contributed by atoms with E-state index >= 15 is 0 Å². The number of carbonyl (C=O) groups is 2. The molecule has 0 amide bonds. The van der Waals surface area contributed by atoms with Crippen LogP contribution in [0.5, 0.6) is 0 Å². The number of hydrogen-bond acceptors (Lipinski definition) is 16. The first-order chi connectivity index (χ1) is 31.8. The third-order valence-corrected chi connectivity index (χ3v) is 16.9. The summed E-state index contributed by atoms with van der Waals surface area (Å²) in [5.41, 5.74) is -3.53. The van der Waals surface area contributed by atoms with Crippen molar-refractivity contribution < 1.29 is 19.1 Å². The maximum atomic E-state index is 13.3. The van der Waals surface area contributed by atoms with Crippen LogP contribution in [0, 0.1) is 0 Å². The molecule has 2 aromatic rings. The molecule has 0 N–H and O–H groups in total. The van der Waals surface area contributed by atoms with Gasteiger partial charge in [-0.25, -0.2) is 56.2 Å². The fraction of sp³-hybridized carbons (Fsp3) is 0.818. The van der Waals surface area contributed by atoms with Crippen molar-refractivity contribution in [1.82, 2.24) is 27.4 Å². The number of thioether (sulfide) groups is 3. The van der Waals surface area contributed by atoms with E-state index in [-0.39, 0.29) is 82.0 Å². The van der Waals surface area contributed by atoms with Gasteiger partial charge in [-0.2, -0.15) is 73.2 Å². The Labute approximate surface area is 418 Å². The van der Waals surface area contributed by atoms with Crippen LogP contribution in [0.3, 0.4) is 0 Å². The minimum atomic E-state index is -0.599. The lowest BCUT2D eigenvalue weighted by atomic mass is 9.96. The van der Waals surface area contributed by atoms with Gasteiger partial charge in [0.15, 0.2) is 0 Å². The number of hydrogen-bond donors (Lipinski definition) is 3. The molecule has 0 aromatic carbocycles. The average molecular weight is 1040 g/mol. The Morgan fingerprint density at radius 1 is 0.500 bits per heavy atom. The Bertz CT molecular complexity index is 2060. The highest BCUT2D eigenvalue weighted by atomic mass is 32.2. The van der Waals surface area contributed by atoms with Crippen LogP contribution in [0.15, 0.2) is 28.8 Å². The van der Waals surface area contributed by atoms with Crippen molar-refractivity contribution in [3.05, 3.63) is 62.9 Å². The van der Waals surface area contributed by atoms with Gasteiger partial charge in [-0.15, -0.1) is 0 Å². The summed E-state index contributed by atoms with van der Waals surface area (Å²) in [6.45, 7) is 10.1. The van der Waals surface area contributed by atoms with Gasteiger partial charge in [0.25, 0.3) is 0 Å². The van der Waals surface area contributed by atoms with Gasteiger partial charge in [0, 0.05) is 61.4 Å². The minimum Gasteiger partial charge on any atom is -0.466 e. The molecule has 0 bridgehead atoms. The minimum absolute atomic E-state index is 0.173. The molecule has 0 saturated heterocycles. The molecule has 0 fully saturated rings. The Morgan fingerprint density at radius 2 is 0.864 bits per heavy atom. The molecule has 2 rings (SSSR count). The third kappa shape index (κ3) is 20.1. The highest BCUT2D eigenvalue weighted by molar-refractivity contribution is 8.00. The molecule has 0 aliphatic heterocycles. The molecule has 0 spiro atoms. The second-order valence-electron chi connectivity index (χ2n) is 16.0. The van der Waals surface area contributed by atoms with Gasteiger partial charge in [0.2, 0.25) is 0 Å². The van der Waals surface area contributed by atoms with Crippen molar-refractivity contribution in [2.24, 2.45) is 0 Å². The van der Waals surface area contributed by atoms with Crippen LogP contribution in [0.4, 0.5) is 0 Å². The molecule has 66 heavy (non-hydrogen) atoms. The molecule has 0 aliphatic carbocycles. The number of rotatable bonds is 38. The largest absolute Gasteiger partial charge is 0.466 e. The topological polar surface area (TPSA) is 185 Å². The molecule has 0 unspecified atom stereocenters. The van der Waals surface area contributed by atoms with E-state index in [0.29, 0.717) is 97.6 Å². The predicted octanol–water partition coefficient (Wildman–Crippen LogP) is 5.47. The highest BCUT2D eigenvalue weighted by Gasteiger charge is 2.28. The van der Waals surface area contributed by atoms with Gasteiger partial charge in [-0.3, -0.25) is 9.59 Å². The van der Waals surface area contributed by atoms with E-state index < -0.39 is 34.1 Å². The van der Waals surface area contributed by atoms with Crippen LogP contribution >= 0.6 is 73.2 Å². The highest BCUT2D eigenvalue weighted by Crippen LogP contribution is 2.37. The summed E-state index contributed by atoms with van der Waals surface area (Å²) in [7, 11) is 0. The lowest BCUT2D eigenvalue weighted by Crippen LogP contribution is -2.54. The number of thiol groups is 3. The third-order valence-electron chi connectivity index (χ3n) is 11.4. The van der Waals surface area contributed by atoms with E-state index in [1.807, 2.05) is 11.8 Å². The van der Waals surface area contributed by atoms with Crippen LogP contribution < -0.4 is 34.1 Å². The number of unbranched alkanes of at least 4 members (excludes halogenated alkanes) is 1. The van der Waals surface area contributed by atoms with Gasteiger partial charge in [0.05, 0.1) is 19.6 Å². The van der Waals surface area contributed by atoms with E-state index in [4.69, 9.17) is 9.47 Å². The van der Waals surface area contributed by atoms with Crippen LogP contribution in [0.2, 0.25) is 0 Å². The standard InChI is InChI=1S/C44H76N6O10S6/c1-5-35(6-2)65-32-15-24-49-40(55)47(22-13-30-63)39(54)48(43(49)58)23-14-31-64-34-18-37(52)60-27-10-9-26-59-36(51)17-19-44(7-3,8-4)66-33-16-25-50-41(56)45(20-11-28-61)38(53)46(42(50)57)21-12-29-62/h35,61-63H,5-34H2,1-4H3. The molecular formula is C44H76N6O10S6. The zero-order chi connectivity index (χ0) is 48.9. The fourth-order valence-corrected chi connectivity index (χ4v) is 11.0. The monoisotopic (exact) mass is 1040 g/mol. The van der Waals surface area contributed by atoms with E-state index in [1.165, 1.54) is 16.3 Å². The zero-order valence-electron chi connectivity index (χ0n) is 39.6. The first kappa shape index (κ1) is 60.0. The molecule has 0 atom stereocenters. The summed E-state index contributed by atoms with van der Waals surface area (Å²) in [5.74, 6) is 3.52. The number of ether oxygens (including phenoxy) is 2. The maximum Gasteiger partial charge on any atom is 0.336 e. The summed E-state index contributed by atoms with van der Waals surface area (Å²) in [4.78, 5) is 104. The number of esters is 2. The molecule has 0 aliphatic rings. The number of carbonyl (C=O) groups excluding carboxylic acids is 2. The molecule has 0 radical (unpaired) electrons. The predicted molar refractivity (Wildman–Crippen MR) is 283 cm³/mol. The summed E-state index contributed by atoms with van der Waals surface area (Å²) < 4.78 is 17.6. The molecule has 2 aromatic heterocycles. The number of aromatic nitrogens is 6. The lowest BCUT2D eigenvalue weighted by molar-refractivity contribution is -0.146. The first-order valence-corrected chi connectivity index (χ1v) is 28.7. The van der Waals surface area contributed by atoms with E-state index in [0.717, 1.165) is 54.3 Å². The second-order valence-corrected chi connectivity index (χ2v) is 21.5. The van der Waals surface area contributed by atoms with E-state index in [1.54, 1.807) is 11.8 Å². The fourth-order valence-electron chi connectivity index (χ4n) is 7.22. The van der Waals surface area contributed by atoms with Crippen molar-refractivity contribution in [3.8, 4) is 0 Å². The normalized spacial score (nSPS) is 11.8. The van der Waals surface area contributed by atoms with Gasteiger partial charge in [-0.1, -0.05) is 27.7 Å². The van der Waals surface area contributed by atoms with Crippen LogP contribution in [-0.4, -0.2) is 103 Å². The summed E-state index contributed by atoms with van der Waals surface area (Å²) in [5, 5.41) is 0.544. The van der Waals surface area contributed by atoms with Crippen molar-refractivity contribution >= 4 is 85.1 Å². The Kier molecular flexibility index (Phi) is 31.1. The molecule has 2 heterocycles. The van der Waals surface area contributed by atoms with Crippen LogP contribution in [-0.2, 0) is 58.3 Å². The van der Waals surface area contributed by atoms with Gasteiger partial charge < -0.3 is 9.47 Å². The summed E-state index contributed by atoms with van der Waals surface area (Å²) in [6.07, 6.45) is 9.25. The molecular weight excluding hydrogens is 965 g/mol. The van der Waals surface area contributed by atoms with Gasteiger partial charge in [0.1, 0.15) is 0 Å². The Morgan fingerprint density at radius 3 is 1.24 bits per heavy atom. The molecule has 16 nitrogen and oxygen atoms in total. The van der Waals surface area contributed by atoms with Crippen molar-refractivity contribution in [2.45, 2.75) is 173 Å². The summed E-state index contributed by atoms with van der Waals surface area (Å²) in [6, 6.07) is 0. The average Bonchev–Trinajstić information content (AvgIpc) is 3.31. The van der Waals surface area contributed by atoms with E-state index in [2.05, 4.69) is 65.6 Å². The summed E-state index contributed by atoms with van der Waals surface area (Å²) >= 11 is 17.7. The Hall–Kier alpha value is -2.14. The van der Waals surface area contributed by atoms with E-state index in [9.17, 15) is 38.4 Å². The first-order valence-electron chi connectivity index (χ1n) is 23.7. The van der Waals surface area contributed by atoms with Crippen LogP contribution in [0.1, 0.15) is 124 Å². The molecule has 0 saturated carbocycles.